The molecule has 1 aromatic rings. The van der Waals surface area contributed by atoms with E-state index in [-0.39, 0.29) is 29.7 Å². The van der Waals surface area contributed by atoms with Crippen LogP contribution in [0.25, 0.3) is 0 Å². The normalized spacial score (nSPS) is 15.7. The molecule has 0 atom stereocenters. The van der Waals surface area contributed by atoms with Crippen LogP contribution in [0, 0.1) is 10.1 Å². The molecule has 156 valence electrons. The Bertz CT molecular complexity index is 817. The maximum Gasteiger partial charge on any atom is 0.338 e. The van der Waals surface area contributed by atoms with Crippen molar-refractivity contribution >= 4 is 29.2 Å². The van der Waals surface area contributed by atoms with Crippen LogP contribution >= 0.6 is 0 Å². The fourth-order valence-corrected chi connectivity index (χ4v) is 3.15. The van der Waals surface area contributed by atoms with Crippen molar-refractivity contribution in [3.8, 4) is 0 Å². The van der Waals surface area contributed by atoms with Crippen molar-refractivity contribution in [1.29, 1.82) is 0 Å². The number of nitrogens with one attached hydrogen (secondary N) is 1. The Morgan fingerprint density at radius 3 is 2.59 bits per heavy atom. The summed E-state index contributed by atoms with van der Waals surface area (Å²) >= 11 is 0. The third-order valence-corrected chi connectivity index (χ3v) is 4.93. The van der Waals surface area contributed by atoms with Crippen LogP contribution in [0.4, 0.5) is 11.4 Å². The predicted octanol–water partition coefficient (Wildman–Crippen LogP) is 1.09. The Kier molecular flexibility index (Phi) is 6.30. The minimum absolute atomic E-state index is 0.00146. The van der Waals surface area contributed by atoms with Gasteiger partial charge in [-0.1, -0.05) is 0 Å². The van der Waals surface area contributed by atoms with Crippen molar-refractivity contribution in [2.75, 3.05) is 38.2 Å². The SMILES string of the molecule is CN(CC(=O)NC1CC1)C(=O)COC(=O)c1ccc(N2CCCC2)c([N+](=O)[O-])c1. The van der Waals surface area contributed by atoms with Gasteiger partial charge in [0.2, 0.25) is 5.91 Å². The van der Waals surface area contributed by atoms with E-state index < -0.39 is 23.4 Å². The minimum Gasteiger partial charge on any atom is -0.452 e. The van der Waals surface area contributed by atoms with Crippen LogP contribution in [0.1, 0.15) is 36.0 Å². The summed E-state index contributed by atoms with van der Waals surface area (Å²) in [5, 5.41) is 14.2. The molecule has 0 unspecified atom stereocenters. The Hall–Kier alpha value is -3.17. The lowest BCUT2D eigenvalue weighted by atomic mass is 10.1. The van der Waals surface area contributed by atoms with Crippen molar-refractivity contribution < 1.29 is 24.0 Å². The van der Waals surface area contributed by atoms with Crippen LogP contribution < -0.4 is 10.2 Å². The van der Waals surface area contributed by atoms with Gasteiger partial charge in [-0.15, -0.1) is 0 Å². The number of anilines is 1. The molecule has 1 saturated carbocycles. The molecule has 1 saturated heterocycles. The number of nitro benzene ring substituents is 1. The summed E-state index contributed by atoms with van der Waals surface area (Å²) in [4.78, 5) is 50.0. The topological polar surface area (TPSA) is 122 Å². The molecule has 1 aliphatic carbocycles. The van der Waals surface area contributed by atoms with Gasteiger partial charge in [-0.25, -0.2) is 4.79 Å². The summed E-state index contributed by atoms with van der Waals surface area (Å²) in [5.74, 6) is -1.62. The number of carbonyl (C=O) groups is 3. The summed E-state index contributed by atoms with van der Waals surface area (Å²) in [6.45, 7) is 0.802. The van der Waals surface area contributed by atoms with E-state index in [2.05, 4.69) is 5.32 Å². The molecule has 0 bridgehead atoms. The van der Waals surface area contributed by atoms with Gasteiger partial charge in [-0.2, -0.15) is 0 Å². The van der Waals surface area contributed by atoms with Gasteiger partial charge in [0.1, 0.15) is 5.69 Å². The van der Waals surface area contributed by atoms with E-state index in [1.54, 1.807) is 0 Å². The molecule has 1 aliphatic heterocycles. The molecule has 1 aromatic carbocycles. The van der Waals surface area contributed by atoms with E-state index in [1.165, 1.54) is 30.1 Å². The summed E-state index contributed by atoms with van der Waals surface area (Å²) < 4.78 is 4.99. The molecular weight excluding hydrogens is 380 g/mol. The van der Waals surface area contributed by atoms with Crippen LogP contribution in [0.3, 0.4) is 0 Å². The maximum absolute atomic E-state index is 12.2. The van der Waals surface area contributed by atoms with Crippen molar-refractivity contribution in [2.45, 2.75) is 31.7 Å². The maximum atomic E-state index is 12.2. The van der Waals surface area contributed by atoms with E-state index in [0.29, 0.717) is 5.69 Å². The number of benzene rings is 1. The Balaban J connectivity index is 1.56. The second-order valence-corrected chi connectivity index (χ2v) is 7.32. The highest BCUT2D eigenvalue weighted by Crippen LogP contribution is 2.31. The summed E-state index contributed by atoms with van der Waals surface area (Å²) in [5.41, 5.74) is 0.310. The average molecular weight is 404 g/mol. The number of likely N-dealkylation sites (N-methyl/N-ethyl adjacent to an activating group) is 1. The van der Waals surface area contributed by atoms with Crippen LogP contribution in [0.2, 0.25) is 0 Å². The predicted molar refractivity (Wildman–Crippen MR) is 104 cm³/mol. The Morgan fingerprint density at radius 2 is 1.97 bits per heavy atom. The number of rotatable bonds is 8. The van der Waals surface area contributed by atoms with E-state index in [0.717, 1.165) is 38.8 Å². The number of carbonyl (C=O) groups excluding carboxylic acids is 3. The highest BCUT2D eigenvalue weighted by atomic mass is 16.6. The molecular formula is C19H24N4O6. The van der Waals surface area contributed by atoms with Crippen LogP contribution in [-0.2, 0) is 14.3 Å². The number of amides is 2. The number of nitrogens with zero attached hydrogens (tertiary/aromatic N) is 3. The van der Waals surface area contributed by atoms with E-state index in [4.69, 9.17) is 4.74 Å². The molecule has 1 heterocycles. The minimum atomic E-state index is -0.828. The zero-order chi connectivity index (χ0) is 21.0. The monoisotopic (exact) mass is 404 g/mol. The molecule has 10 nitrogen and oxygen atoms in total. The molecule has 29 heavy (non-hydrogen) atoms. The molecule has 0 radical (unpaired) electrons. The van der Waals surface area contributed by atoms with Crippen molar-refractivity contribution in [2.24, 2.45) is 0 Å². The largest absolute Gasteiger partial charge is 0.452 e. The smallest absolute Gasteiger partial charge is 0.338 e. The fraction of sp³-hybridized carbons (Fsp3) is 0.526. The second kappa shape index (κ2) is 8.89. The lowest BCUT2D eigenvalue weighted by Crippen LogP contribution is -2.40. The molecule has 0 spiro atoms. The number of hydrogen-bond acceptors (Lipinski definition) is 7. The lowest BCUT2D eigenvalue weighted by Gasteiger charge is -2.18. The van der Waals surface area contributed by atoms with E-state index in [9.17, 15) is 24.5 Å². The summed E-state index contributed by atoms with van der Waals surface area (Å²) in [6, 6.07) is 4.37. The van der Waals surface area contributed by atoms with Gasteiger partial charge in [-0.05, 0) is 37.8 Å². The zero-order valence-electron chi connectivity index (χ0n) is 16.3. The van der Waals surface area contributed by atoms with Gasteiger partial charge >= 0.3 is 5.97 Å². The van der Waals surface area contributed by atoms with Crippen molar-refractivity contribution in [1.82, 2.24) is 10.2 Å². The quantitative estimate of drug-likeness (QED) is 0.391. The molecule has 2 aliphatic rings. The van der Waals surface area contributed by atoms with E-state index >= 15 is 0 Å². The van der Waals surface area contributed by atoms with Crippen molar-refractivity contribution in [3.05, 3.63) is 33.9 Å². The molecule has 2 amide bonds. The Morgan fingerprint density at radius 1 is 1.28 bits per heavy atom. The third kappa shape index (κ3) is 5.43. The first-order valence-electron chi connectivity index (χ1n) is 9.59. The van der Waals surface area contributed by atoms with Gasteiger partial charge in [0.25, 0.3) is 11.6 Å². The van der Waals surface area contributed by atoms with Gasteiger partial charge in [0, 0.05) is 32.2 Å². The average Bonchev–Trinajstić information content (AvgIpc) is 3.33. The molecule has 3 rings (SSSR count). The number of nitro groups is 1. The van der Waals surface area contributed by atoms with Gasteiger partial charge < -0.3 is 19.9 Å². The van der Waals surface area contributed by atoms with Gasteiger partial charge in [0.05, 0.1) is 17.0 Å². The summed E-state index contributed by atoms with van der Waals surface area (Å²) in [6.07, 6.45) is 3.83. The van der Waals surface area contributed by atoms with Crippen LogP contribution in [0.15, 0.2) is 18.2 Å². The van der Waals surface area contributed by atoms with Gasteiger partial charge in [0.15, 0.2) is 6.61 Å². The standard InChI is InChI=1S/C19H24N4O6/c1-21(11-17(24)20-14-5-6-14)18(25)12-29-19(26)13-4-7-15(16(10-13)23(27)28)22-8-2-3-9-22/h4,7,10,14H,2-3,5-6,8-9,11-12H2,1H3,(H,20,24). The fourth-order valence-electron chi connectivity index (χ4n) is 3.15. The lowest BCUT2D eigenvalue weighted by molar-refractivity contribution is -0.384. The second-order valence-electron chi connectivity index (χ2n) is 7.32. The number of ether oxygens (including phenoxy) is 1. The highest BCUT2D eigenvalue weighted by molar-refractivity contribution is 5.93. The highest BCUT2D eigenvalue weighted by Gasteiger charge is 2.26. The molecule has 2 fully saturated rings. The first kappa shape index (κ1) is 20.6. The van der Waals surface area contributed by atoms with Crippen LogP contribution in [0.5, 0.6) is 0 Å². The van der Waals surface area contributed by atoms with Crippen LogP contribution in [-0.4, -0.2) is 66.9 Å². The zero-order valence-corrected chi connectivity index (χ0v) is 16.3. The van der Waals surface area contributed by atoms with Crippen molar-refractivity contribution in [3.63, 3.8) is 0 Å². The molecule has 0 aromatic heterocycles. The van der Waals surface area contributed by atoms with Gasteiger partial charge in [-0.3, -0.25) is 19.7 Å². The first-order valence-corrected chi connectivity index (χ1v) is 9.59. The molecule has 10 heteroatoms. The number of esters is 1. The Labute approximate surface area is 167 Å². The summed E-state index contributed by atoms with van der Waals surface area (Å²) in [7, 11) is 1.44. The number of hydrogen-bond donors (Lipinski definition) is 1. The first-order chi connectivity index (χ1) is 13.8. The molecule has 1 N–H and O–H groups in total. The van der Waals surface area contributed by atoms with E-state index in [1.807, 2.05) is 4.90 Å². The third-order valence-electron chi connectivity index (χ3n) is 4.93.